The summed E-state index contributed by atoms with van der Waals surface area (Å²) in [6, 6.07) is 4.25. The summed E-state index contributed by atoms with van der Waals surface area (Å²) in [6.45, 7) is 9.68. The summed E-state index contributed by atoms with van der Waals surface area (Å²) in [5, 5.41) is 2.92. The average Bonchev–Trinajstić information content (AvgIpc) is 2.80. The number of nitrogens with zero attached hydrogens (tertiary/aromatic N) is 1. The quantitative estimate of drug-likeness (QED) is 0.862. The van der Waals surface area contributed by atoms with Gasteiger partial charge in [0.2, 0.25) is 5.91 Å². The molecule has 1 fully saturated rings. The van der Waals surface area contributed by atoms with Crippen molar-refractivity contribution in [3.05, 3.63) is 34.4 Å². The van der Waals surface area contributed by atoms with E-state index in [-0.39, 0.29) is 17.7 Å². The van der Waals surface area contributed by atoms with Gasteiger partial charge in [0.1, 0.15) is 0 Å². The number of rotatable bonds is 4. The maximum atomic E-state index is 12.5. The Bertz CT molecular complexity index is 566. The zero-order valence-corrected chi connectivity index (χ0v) is 13.3. The number of aryl methyl sites for hydroxylation is 3. The third kappa shape index (κ3) is 3.91. The fourth-order valence-corrected chi connectivity index (χ4v) is 2.93. The summed E-state index contributed by atoms with van der Waals surface area (Å²) >= 11 is 0. The molecule has 1 aliphatic heterocycles. The van der Waals surface area contributed by atoms with E-state index in [1.165, 1.54) is 12.5 Å². The van der Waals surface area contributed by atoms with E-state index in [0.717, 1.165) is 36.2 Å². The highest BCUT2D eigenvalue weighted by Gasteiger charge is 2.25. The van der Waals surface area contributed by atoms with Gasteiger partial charge in [-0.1, -0.05) is 6.07 Å². The van der Waals surface area contributed by atoms with Crippen molar-refractivity contribution < 1.29 is 9.59 Å². The van der Waals surface area contributed by atoms with Crippen molar-refractivity contribution in [1.82, 2.24) is 10.2 Å². The molecular weight excluding hydrogens is 264 g/mol. The topological polar surface area (TPSA) is 49.4 Å². The minimum absolute atomic E-state index is 0.00168. The van der Waals surface area contributed by atoms with Gasteiger partial charge in [-0.25, -0.2) is 0 Å². The van der Waals surface area contributed by atoms with Gasteiger partial charge in [0, 0.05) is 31.6 Å². The number of carbonyl (C=O) groups excluding carboxylic acids is 2. The number of carbonyl (C=O) groups is 2. The predicted molar refractivity (Wildman–Crippen MR) is 83.6 cm³/mol. The smallest absolute Gasteiger partial charge is 0.217 e. The van der Waals surface area contributed by atoms with Crippen LogP contribution in [0.4, 0.5) is 0 Å². The molecule has 1 N–H and O–H groups in total. The van der Waals surface area contributed by atoms with Crippen LogP contribution in [0.15, 0.2) is 12.1 Å². The summed E-state index contributed by atoms with van der Waals surface area (Å²) in [5.41, 5.74) is 4.24. The number of likely N-dealkylation sites (tertiary alicyclic amines) is 1. The van der Waals surface area contributed by atoms with Crippen LogP contribution in [0.2, 0.25) is 0 Å². The molecule has 1 aromatic rings. The van der Waals surface area contributed by atoms with E-state index < -0.39 is 0 Å². The first-order valence-corrected chi connectivity index (χ1v) is 7.47. The van der Waals surface area contributed by atoms with Crippen LogP contribution in [0.3, 0.4) is 0 Å². The SMILES string of the molecule is CC(=O)NC1CCN(CC(=O)c2cc(C)c(C)cc2C)C1. The van der Waals surface area contributed by atoms with E-state index in [2.05, 4.69) is 23.2 Å². The average molecular weight is 288 g/mol. The maximum Gasteiger partial charge on any atom is 0.217 e. The van der Waals surface area contributed by atoms with E-state index in [9.17, 15) is 9.59 Å². The number of ketones is 1. The number of hydrogen-bond donors (Lipinski definition) is 1. The fourth-order valence-electron chi connectivity index (χ4n) is 2.93. The van der Waals surface area contributed by atoms with Gasteiger partial charge in [0.15, 0.2) is 5.78 Å². The van der Waals surface area contributed by atoms with Gasteiger partial charge < -0.3 is 5.32 Å². The minimum atomic E-state index is -0.00168. The van der Waals surface area contributed by atoms with E-state index in [1.807, 2.05) is 19.9 Å². The Kier molecular flexibility index (Phi) is 4.78. The van der Waals surface area contributed by atoms with Crippen LogP contribution < -0.4 is 5.32 Å². The lowest BCUT2D eigenvalue weighted by atomic mass is 9.98. The molecule has 1 aliphatic rings. The largest absolute Gasteiger partial charge is 0.352 e. The highest BCUT2D eigenvalue weighted by molar-refractivity contribution is 5.99. The summed E-state index contributed by atoms with van der Waals surface area (Å²) in [6.07, 6.45) is 0.915. The first kappa shape index (κ1) is 15.7. The second kappa shape index (κ2) is 6.39. The molecule has 2 rings (SSSR count). The molecule has 21 heavy (non-hydrogen) atoms. The van der Waals surface area contributed by atoms with Crippen LogP contribution in [0.1, 0.15) is 40.4 Å². The second-order valence-electron chi connectivity index (χ2n) is 6.10. The van der Waals surface area contributed by atoms with Gasteiger partial charge in [-0.15, -0.1) is 0 Å². The fraction of sp³-hybridized carbons (Fsp3) is 0.529. The zero-order chi connectivity index (χ0) is 15.6. The molecule has 4 nitrogen and oxygen atoms in total. The Balaban J connectivity index is 2.00. The Morgan fingerprint density at radius 3 is 2.52 bits per heavy atom. The molecule has 0 aromatic heterocycles. The Morgan fingerprint density at radius 1 is 1.19 bits per heavy atom. The molecule has 1 aromatic carbocycles. The molecule has 1 amide bonds. The monoisotopic (exact) mass is 288 g/mol. The van der Waals surface area contributed by atoms with Crippen LogP contribution in [0.5, 0.6) is 0 Å². The Hall–Kier alpha value is -1.68. The van der Waals surface area contributed by atoms with Crippen LogP contribution >= 0.6 is 0 Å². The predicted octanol–water partition coefficient (Wildman–Crippen LogP) is 2.00. The normalized spacial score (nSPS) is 18.8. The lowest BCUT2D eigenvalue weighted by Crippen LogP contribution is -2.36. The molecule has 0 aliphatic carbocycles. The molecule has 114 valence electrons. The van der Waals surface area contributed by atoms with Crippen molar-refractivity contribution >= 4 is 11.7 Å². The highest BCUT2D eigenvalue weighted by atomic mass is 16.1. The van der Waals surface area contributed by atoms with Gasteiger partial charge in [-0.05, 0) is 49.9 Å². The number of Topliss-reactive ketones (excluding diaryl/α,β-unsaturated/α-hetero) is 1. The Morgan fingerprint density at radius 2 is 1.86 bits per heavy atom. The van der Waals surface area contributed by atoms with E-state index in [0.29, 0.717) is 6.54 Å². The molecule has 1 heterocycles. The number of nitrogens with one attached hydrogen (secondary N) is 1. The molecule has 1 saturated heterocycles. The van der Waals surface area contributed by atoms with Crippen LogP contribution in [-0.2, 0) is 4.79 Å². The van der Waals surface area contributed by atoms with Gasteiger partial charge >= 0.3 is 0 Å². The van der Waals surface area contributed by atoms with Crippen LogP contribution in [0, 0.1) is 20.8 Å². The van der Waals surface area contributed by atoms with Crippen molar-refractivity contribution in [2.24, 2.45) is 0 Å². The number of amides is 1. The van der Waals surface area contributed by atoms with E-state index >= 15 is 0 Å². The standard InChI is InChI=1S/C17H24N2O2/c1-11-7-13(3)16(8-12(11)2)17(21)10-19-6-5-15(9-19)18-14(4)20/h7-8,15H,5-6,9-10H2,1-4H3,(H,18,20). The highest BCUT2D eigenvalue weighted by Crippen LogP contribution is 2.17. The summed E-state index contributed by atoms with van der Waals surface area (Å²) in [5.74, 6) is 0.164. The molecule has 0 spiro atoms. The minimum Gasteiger partial charge on any atom is -0.352 e. The first-order valence-electron chi connectivity index (χ1n) is 7.47. The van der Waals surface area contributed by atoms with Crippen molar-refractivity contribution in [3.63, 3.8) is 0 Å². The van der Waals surface area contributed by atoms with Gasteiger partial charge in [-0.2, -0.15) is 0 Å². The second-order valence-corrected chi connectivity index (χ2v) is 6.10. The lowest BCUT2D eigenvalue weighted by molar-refractivity contribution is -0.119. The van der Waals surface area contributed by atoms with Gasteiger partial charge in [0.25, 0.3) is 0 Å². The molecule has 0 radical (unpaired) electrons. The molecule has 4 heteroatoms. The molecule has 0 saturated carbocycles. The third-order valence-corrected chi connectivity index (χ3v) is 4.19. The first-order chi connectivity index (χ1) is 9.86. The van der Waals surface area contributed by atoms with E-state index in [4.69, 9.17) is 0 Å². The molecule has 0 bridgehead atoms. The summed E-state index contributed by atoms with van der Waals surface area (Å²) in [7, 11) is 0. The molecular formula is C17H24N2O2. The zero-order valence-electron chi connectivity index (χ0n) is 13.3. The maximum absolute atomic E-state index is 12.5. The van der Waals surface area contributed by atoms with Crippen molar-refractivity contribution in [1.29, 1.82) is 0 Å². The molecule has 1 atom stereocenters. The summed E-state index contributed by atoms with van der Waals surface area (Å²) in [4.78, 5) is 25.7. The third-order valence-electron chi connectivity index (χ3n) is 4.19. The van der Waals surface area contributed by atoms with Crippen LogP contribution in [0.25, 0.3) is 0 Å². The van der Waals surface area contributed by atoms with Crippen molar-refractivity contribution in [2.45, 2.75) is 40.2 Å². The molecule has 1 unspecified atom stereocenters. The lowest BCUT2D eigenvalue weighted by Gasteiger charge is -2.17. The van der Waals surface area contributed by atoms with Gasteiger partial charge in [0.05, 0.1) is 6.54 Å². The van der Waals surface area contributed by atoms with Crippen LogP contribution in [-0.4, -0.2) is 42.3 Å². The number of hydrogen-bond acceptors (Lipinski definition) is 3. The van der Waals surface area contributed by atoms with Gasteiger partial charge in [-0.3, -0.25) is 14.5 Å². The summed E-state index contributed by atoms with van der Waals surface area (Å²) < 4.78 is 0. The van der Waals surface area contributed by atoms with E-state index in [1.54, 1.807) is 0 Å². The number of benzene rings is 1. The van der Waals surface area contributed by atoms with Crippen molar-refractivity contribution in [2.75, 3.05) is 19.6 Å². The Labute approximate surface area is 126 Å². The van der Waals surface area contributed by atoms with Crippen molar-refractivity contribution in [3.8, 4) is 0 Å².